The van der Waals surface area contributed by atoms with Gasteiger partial charge in [0.15, 0.2) is 0 Å². The molecule has 0 aliphatic heterocycles. The van der Waals surface area contributed by atoms with E-state index in [-0.39, 0.29) is 0 Å². The van der Waals surface area contributed by atoms with Crippen LogP contribution in [0.4, 0.5) is 0 Å². The Labute approximate surface area is 122 Å². The molecule has 0 N–H and O–H groups in total. The number of allylic oxidation sites excluding steroid dienone is 2. The van der Waals surface area contributed by atoms with Gasteiger partial charge in [-0.05, 0) is 30.2 Å². The van der Waals surface area contributed by atoms with Gasteiger partial charge >= 0.3 is 0 Å². The predicted molar refractivity (Wildman–Crippen MR) is 88.9 cm³/mol. The third-order valence-corrected chi connectivity index (χ3v) is 3.94. The lowest BCUT2D eigenvalue weighted by Crippen LogP contribution is -1.72. The summed E-state index contributed by atoms with van der Waals surface area (Å²) in [6, 6.07) is 16.7. The predicted octanol–water partition coefficient (Wildman–Crippen LogP) is 5.33. The van der Waals surface area contributed by atoms with Gasteiger partial charge in [-0.2, -0.15) is 0 Å². The zero-order chi connectivity index (χ0) is 13.8. The summed E-state index contributed by atoms with van der Waals surface area (Å²) in [5.74, 6) is 0. The maximum Gasteiger partial charge on any atom is 0.0907 e. The van der Waals surface area contributed by atoms with Crippen molar-refractivity contribution in [1.82, 2.24) is 4.98 Å². The molecule has 0 radical (unpaired) electrons. The van der Waals surface area contributed by atoms with Crippen molar-refractivity contribution in [3.05, 3.63) is 76.8 Å². The zero-order valence-corrected chi connectivity index (χ0v) is 12.1. The molecular formula is C18H15NS. The third-order valence-electron chi connectivity index (χ3n) is 3.01. The van der Waals surface area contributed by atoms with E-state index in [1.54, 1.807) is 11.3 Å². The van der Waals surface area contributed by atoms with Crippen LogP contribution in [0.5, 0.6) is 0 Å². The van der Waals surface area contributed by atoms with Crippen LogP contribution in [0.15, 0.2) is 60.7 Å². The van der Waals surface area contributed by atoms with E-state index in [1.807, 2.05) is 25.1 Å². The molecule has 3 aromatic rings. The second-order valence-corrected chi connectivity index (χ2v) is 5.82. The molecule has 2 heteroatoms. The molecule has 1 aromatic heterocycles. The first-order valence-electron chi connectivity index (χ1n) is 6.58. The topological polar surface area (TPSA) is 12.9 Å². The number of aryl methyl sites for hydroxylation is 1. The molecule has 0 aliphatic rings. The van der Waals surface area contributed by atoms with Crippen LogP contribution >= 0.6 is 11.3 Å². The Morgan fingerprint density at radius 3 is 2.45 bits per heavy atom. The zero-order valence-electron chi connectivity index (χ0n) is 11.3. The summed E-state index contributed by atoms with van der Waals surface area (Å²) in [4.78, 5) is 4.47. The lowest BCUT2D eigenvalue weighted by molar-refractivity contribution is 1.35. The van der Waals surface area contributed by atoms with Gasteiger partial charge in [-0.1, -0.05) is 60.7 Å². The van der Waals surface area contributed by atoms with Gasteiger partial charge in [0.25, 0.3) is 0 Å². The van der Waals surface area contributed by atoms with Crippen molar-refractivity contribution in [2.45, 2.75) is 6.92 Å². The molecule has 0 amide bonds. The maximum absolute atomic E-state index is 4.47. The molecule has 20 heavy (non-hydrogen) atoms. The molecule has 1 nitrogen and oxygen atoms in total. The molecule has 98 valence electrons. The lowest BCUT2D eigenvalue weighted by Gasteiger charge is -1.92. The van der Waals surface area contributed by atoms with Crippen LogP contribution in [-0.2, 0) is 0 Å². The summed E-state index contributed by atoms with van der Waals surface area (Å²) < 4.78 is 1.25. The first-order valence-corrected chi connectivity index (χ1v) is 7.40. The molecule has 0 bridgehead atoms. The smallest absolute Gasteiger partial charge is 0.0907 e. The van der Waals surface area contributed by atoms with Gasteiger partial charge in [0, 0.05) is 0 Å². The average Bonchev–Trinajstić information content (AvgIpc) is 2.84. The van der Waals surface area contributed by atoms with Crippen LogP contribution in [0.1, 0.15) is 16.1 Å². The number of fused-ring (bicyclic) bond motifs is 1. The number of nitrogens with zero attached hydrogens (tertiary/aromatic N) is 1. The van der Waals surface area contributed by atoms with Crippen LogP contribution in [0.2, 0.25) is 0 Å². The highest BCUT2D eigenvalue weighted by Gasteiger charge is 1.99. The van der Waals surface area contributed by atoms with Crippen molar-refractivity contribution in [1.29, 1.82) is 0 Å². The molecule has 2 aromatic carbocycles. The highest BCUT2D eigenvalue weighted by atomic mass is 32.1. The molecule has 0 fully saturated rings. The Kier molecular flexibility index (Phi) is 3.75. The summed E-state index contributed by atoms with van der Waals surface area (Å²) in [5, 5.41) is 1.12. The van der Waals surface area contributed by atoms with E-state index < -0.39 is 0 Å². The molecular weight excluding hydrogens is 262 g/mol. The van der Waals surface area contributed by atoms with E-state index in [0.717, 1.165) is 10.5 Å². The Bertz CT molecular complexity index is 766. The van der Waals surface area contributed by atoms with Crippen molar-refractivity contribution in [2.75, 3.05) is 0 Å². The monoisotopic (exact) mass is 277 g/mol. The van der Waals surface area contributed by atoms with Gasteiger partial charge in [-0.25, -0.2) is 4.98 Å². The van der Waals surface area contributed by atoms with Crippen LogP contribution in [0, 0.1) is 6.92 Å². The van der Waals surface area contributed by atoms with E-state index in [0.29, 0.717) is 0 Å². The first kappa shape index (κ1) is 12.8. The van der Waals surface area contributed by atoms with E-state index >= 15 is 0 Å². The van der Waals surface area contributed by atoms with Gasteiger partial charge in [0.1, 0.15) is 0 Å². The van der Waals surface area contributed by atoms with Gasteiger partial charge in [-0.3, -0.25) is 0 Å². The standard InChI is InChI=1S/C18H15NS/c1-14-19-17-12-11-16(13-18(17)20-14)10-6-5-9-15-7-3-2-4-8-15/h2-13H,1H3. The second-order valence-electron chi connectivity index (χ2n) is 4.59. The minimum Gasteiger partial charge on any atom is -0.242 e. The number of aromatic nitrogens is 1. The number of rotatable bonds is 3. The highest BCUT2D eigenvalue weighted by molar-refractivity contribution is 7.18. The SMILES string of the molecule is Cc1nc2ccc(C=CC=Cc3ccccc3)cc2s1. The fourth-order valence-corrected chi connectivity index (χ4v) is 2.93. The minimum atomic E-state index is 1.09. The number of thiazole rings is 1. The molecule has 1 heterocycles. The summed E-state index contributed by atoms with van der Waals surface area (Å²) >= 11 is 1.74. The Morgan fingerprint density at radius 2 is 1.65 bits per heavy atom. The summed E-state index contributed by atoms with van der Waals surface area (Å²) in [7, 11) is 0. The third kappa shape index (κ3) is 3.03. The summed E-state index contributed by atoms with van der Waals surface area (Å²) in [6.45, 7) is 2.04. The largest absolute Gasteiger partial charge is 0.242 e. The van der Waals surface area contributed by atoms with Gasteiger partial charge in [-0.15, -0.1) is 11.3 Å². The quantitative estimate of drug-likeness (QED) is 0.589. The van der Waals surface area contributed by atoms with Gasteiger partial charge < -0.3 is 0 Å². The molecule has 0 aliphatic carbocycles. The molecule has 0 saturated heterocycles. The van der Waals surface area contributed by atoms with Gasteiger partial charge in [0.05, 0.1) is 15.2 Å². The van der Waals surface area contributed by atoms with Crippen LogP contribution in [0.25, 0.3) is 22.4 Å². The van der Waals surface area contributed by atoms with Crippen molar-refractivity contribution < 1.29 is 0 Å². The Balaban J connectivity index is 1.75. The first-order chi connectivity index (χ1) is 9.81. The normalized spacial score (nSPS) is 11.8. The maximum atomic E-state index is 4.47. The Morgan fingerprint density at radius 1 is 0.900 bits per heavy atom. The van der Waals surface area contributed by atoms with Crippen molar-refractivity contribution >= 4 is 33.7 Å². The van der Waals surface area contributed by atoms with E-state index in [1.165, 1.54) is 15.8 Å². The van der Waals surface area contributed by atoms with Crippen molar-refractivity contribution in [2.24, 2.45) is 0 Å². The number of hydrogen-bond acceptors (Lipinski definition) is 2. The second kappa shape index (κ2) is 5.85. The number of benzene rings is 2. The summed E-state index contributed by atoms with van der Waals surface area (Å²) in [6.07, 6.45) is 8.36. The van der Waals surface area contributed by atoms with Crippen LogP contribution in [0.3, 0.4) is 0 Å². The molecule has 0 atom stereocenters. The number of hydrogen-bond donors (Lipinski definition) is 0. The summed E-state index contributed by atoms with van der Waals surface area (Å²) in [5.41, 5.74) is 3.51. The minimum absolute atomic E-state index is 1.09. The molecule has 0 saturated carbocycles. The Hall–Kier alpha value is -2.19. The van der Waals surface area contributed by atoms with Crippen molar-refractivity contribution in [3.8, 4) is 0 Å². The van der Waals surface area contributed by atoms with Crippen LogP contribution < -0.4 is 0 Å². The molecule has 0 unspecified atom stereocenters. The van der Waals surface area contributed by atoms with Gasteiger partial charge in [0.2, 0.25) is 0 Å². The lowest BCUT2D eigenvalue weighted by atomic mass is 10.2. The van der Waals surface area contributed by atoms with E-state index in [2.05, 4.69) is 59.6 Å². The molecule has 0 spiro atoms. The molecule has 3 rings (SSSR count). The van der Waals surface area contributed by atoms with E-state index in [4.69, 9.17) is 0 Å². The van der Waals surface area contributed by atoms with Crippen molar-refractivity contribution in [3.63, 3.8) is 0 Å². The van der Waals surface area contributed by atoms with E-state index in [9.17, 15) is 0 Å². The average molecular weight is 277 g/mol. The highest BCUT2D eigenvalue weighted by Crippen LogP contribution is 2.23. The van der Waals surface area contributed by atoms with Crippen LogP contribution in [-0.4, -0.2) is 4.98 Å². The fourth-order valence-electron chi connectivity index (χ4n) is 2.06. The fraction of sp³-hybridized carbons (Fsp3) is 0.0556.